The van der Waals surface area contributed by atoms with Crippen molar-refractivity contribution in [3.8, 4) is 0 Å². The molecule has 0 aromatic heterocycles. The van der Waals surface area contributed by atoms with Crippen LogP contribution in [0.5, 0.6) is 0 Å². The largest absolute Gasteiger partial charge is 0.389 e. The summed E-state index contributed by atoms with van der Waals surface area (Å²) in [6.45, 7) is 6.86. The smallest absolute Gasteiger partial charge is 0.0897 e. The molecule has 0 radical (unpaired) electrons. The number of hydrogen-bond donors (Lipinski definition) is 2. The van der Waals surface area contributed by atoms with E-state index in [2.05, 4.69) is 24.2 Å². The Hall–Kier alpha value is -0.200. The van der Waals surface area contributed by atoms with E-state index >= 15 is 0 Å². The third kappa shape index (κ3) is 6.61. The van der Waals surface area contributed by atoms with Gasteiger partial charge in [0, 0.05) is 26.2 Å². The van der Waals surface area contributed by atoms with E-state index < -0.39 is 6.10 Å². The van der Waals surface area contributed by atoms with E-state index in [1.54, 1.807) is 0 Å². The highest BCUT2D eigenvalue weighted by Crippen LogP contribution is 2.25. The van der Waals surface area contributed by atoms with Crippen molar-refractivity contribution in [1.82, 2.24) is 10.2 Å². The molecule has 2 rings (SSSR count). The standard InChI is InChI=1S/C16H32N2O3/c1-13-4-3-5-15(8-13)21-12-14(19)9-17-10-16-11-18(2)6-7-20-16/h13-17,19H,3-12H2,1-2H3. The maximum atomic E-state index is 9.99. The molecule has 4 atom stereocenters. The van der Waals surface area contributed by atoms with Crippen LogP contribution in [0.4, 0.5) is 0 Å². The van der Waals surface area contributed by atoms with Gasteiger partial charge in [-0.1, -0.05) is 19.8 Å². The van der Waals surface area contributed by atoms with Crippen LogP contribution in [0, 0.1) is 5.92 Å². The minimum absolute atomic E-state index is 0.232. The van der Waals surface area contributed by atoms with Crippen LogP contribution in [-0.4, -0.2) is 74.8 Å². The zero-order chi connectivity index (χ0) is 15.1. The van der Waals surface area contributed by atoms with Crippen molar-refractivity contribution in [3.05, 3.63) is 0 Å². The summed E-state index contributed by atoms with van der Waals surface area (Å²) >= 11 is 0. The van der Waals surface area contributed by atoms with Gasteiger partial charge in [-0.15, -0.1) is 0 Å². The van der Waals surface area contributed by atoms with Gasteiger partial charge in [-0.3, -0.25) is 0 Å². The Morgan fingerprint density at radius 2 is 2.29 bits per heavy atom. The van der Waals surface area contributed by atoms with Gasteiger partial charge in [-0.05, 0) is 25.8 Å². The van der Waals surface area contributed by atoms with E-state index in [-0.39, 0.29) is 6.10 Å². The molecule has 1 aliphatic carbocycles. The first-order valence-corrected chi connectivity index (χ1v) is 8.44. The molecule has 0 amide bonds. The molecule has 4 unspecified atom stereocenters. The number of aliphatic hydroxyl groups is 1. The monoisotopic (exact) mass is 300 g/mol. The number of hydrogen-bond acceptors (Lipinski definition) is 5. The fourth-order valence-electron chi connectivity index (χ4n) is 3.24. The zero-order valence-electron chi connectivity index (χ0n) is 13.6. The van der Waals surface area contributed by atoms with Crippen LogP contribution in [0.3, 0.4) is 0 Å². The van der Waals surface area contributed by atoms with E-state index in [9.17, 15) is 5.11 Å². The minimum atomic E-state index is -0.427. The number of nitrogens with zero attached hydrogens (tertiary/aromatic N) is 1. The first kappa shape index (κ1) is 17.2. The molecular formula is C16H32N2O3. The summed E-state index contributed by atoms with van der Waals surface area (Å²) in [5.74, 6) is 0.763. The molecule has 2 aliphatic rings. The van der Waals surface area contributed by atoms with Gasteiger partial charge in [0.1, 0.15) is 0 Å². The fraction of sp³-hybridized carbons (Fsp3) is 1.00. The lowest BCUT2D eigenvalue weighted by atomic mass is 9.89. The number of rotatable bonds is 7. The molecule has 0 bridgehead atoms. The summed E-state index contributed by atoms with van der Waals surface area (Å²) in [6, 6.07) is 0. The van der Waals surface area contributed by atoms with Crippen LogP contribution in [0.1, 0.15) is 32.6 Å². The van der Waals surface area contributed by atoms with Gasteiger partial charge in [0.2, 0.25) is 0 Å². The van der Waals surface area contributed by atoms with Gasteiger partial charge in [0.05, 0.1) is 31.5 Å². The second kappa shape index (κ2) is 9.06. The van der Waals surface area contributed by atoms with Crippen LogP contribution in [0.2, 0.25) is 0 Å². The Bertz CT molecular complexity index is 291. The fourth-order valence-corrected chi connectivity index (χ4v) is 3.24. The predicted octanol–water partition coefficient (Wildman–Crippen LogP) is 0.863. The summed E-state index contributed by atoms with van der Waals surface area (Å²) in [7, 11) is 2.11. The Balaban J connectivity index is 1.52. The van der Waals surface area contributed by atoms with Gasteiger partial charge in [-0.2, -0.15) is 0 Å². The molecule has 1 saturated heterocycles. The average molecular weight is 300 g/mol. The number of nitrogens with one attached hydrogen (secondary N) is 1. The van der Waals surface area contributed by atoms with Crippen LogP contribution in [-0.2, 0) is 9.47 Å². The number of morpholine rings is 1. The average Bonchev–Trinajstić information content (AvgIpc) is 2.45. The van der Waals surface area contributed by atoms with Crippen molar-refractivity contribution in [2.75, 3.05) is 46.4 Å². The van der Waals surface area contributed by atoms with E-state index in [1.807, 2.05) is 0 Å². The van der Waals surface area contributed by atoms with Crippen molar-refractivity contribution in [1.29, 1.82) is 0 Å². The normalized spacial score (nSPS) is 33.0. The lowest BCUT2D eigenvalue weighted by Gasteiger charge is -2.30. The van der Waals surface area contributed by atoms with Crippen LogP contribution in [0.25, 0.3) is 0 Å². The van der Waals surface area contributed by atoms with E-state index in [0.717, 1.165) is 45.0 Å². The Kier molecular flexibility index (Phi) is 7.40. The summed E-state index contributed by atoms with van der Waals surface area (Å²) in [5.41, 5.74) is 0. The topological polar surface area (TPSA) is 54.0 Å². The van der Waals surface area contributed by atoms with Crippen molar-refractivity contribution in [2.45, 2.75) is 50.9 Å². The van der Waals surface area contributed by atoms with Gasteiger partial charge in [-0.25, -0.2) is 0 Å². The quantitative estimate of drug-likeness (QED) is 0.730. The SMILES string of the molecule is CC1CCCC(OCC(O)CNCC2CN(C)CCO2)C1. The first-order valence-electron chi connectivity index (χ1n) is 8.44. The molecule has 0 aromatic carbocycles. The van der Waals surface area contributed by atoms with E-state index in [4.69, 9.17) is 9.47 Å². The van der Waals surface area contributed by atoms with Crippen LogP contribution >= 0.6 is 0 Å². The number of ether oxygens (including phenoxy) is 2. The number of aliphatic hydroxyl groups excluding tert-OH is 1. The molecule has 1 heterocycles. The molecule has 5 heteroatoms. The summed E-state index contributed by atoms with van der Waals surface area (Å²) in [5, 5.41) is 13.3. The molecule has 21 heavy (non-hydrogen) atoms. The molecule has 0 aromatic rings. The molecule has 2 N–H and O–H groups in total. The molecule has 0 spiro atoms. The Labute approximate surface area is 129 Å². The lowest BCUT2D eigenvalue weighted by molar-refractivity contribution is -0.0359. The second-order valence-electron chi connectivity index (χ2n) is 6.79. The van der Waals surface area contributed by atoms with Crippen molar-refractivity contribution in [2.24, 2.45) is 5.92 Å². The molecule has 1 saturated carbocycles. The second-order valence-corrected chi connectivity index (χ2v) is 6.79. The zero-order valence-corrected chi connectivity index (χ0v) is 13.6. The highest BCUT2D eigenvalue weighted by atomic mass is 16.5. The van der Waals surface area contributed by atoms with Crippen molar-refractivity contribution >= 4 is 0 Å². The van der Waals surface area contributed by atoms with Crippen molar-refractivity contribution < 1.29 is 14.6 Å². The van der Waals surface area contributed by atoms with Crippen molar-refractivity contribution in [3.63, 3.8) is 0 Å². The predicted molar refractivity (Wildman–Crippen MR) is 83.5 cm³/mol. The van der Waals surface area contributed by atoms with Crippen LogP contribution in [0.15, 0.2) is 0 Å². The molecule has 2 fully saturated rings. The van der Waals surface area contributed by atoms with E-state index in [0.29, 0.717) is 19.3 Å². The first-order chi connectivity index (χ1) is 10.1. The highest BCUT2D eigenvalue weighted by Gasteiger charge is 2.21. The lowest BCUT2D eigenvalue weighted by Crippen LogP contribution is -2.46. The highest BCUT2D eigenvalue weighted by molar-refractivity contribution is 4.73. The third-order valence-corrected chi connectivity index (χ3v) is 4.51. The number of likely N-dealkylation sites (N-methyl/N-ethyl adjacent to an activating group) is 1. The minimum Gasteiger partial charge on any atom is -0.389 e. The molecular weight excluding hydrogens is 268 g/mol. The van der Waals surface area contributed by atoms with Gasteiger partial charge in [0.25, 0.3) is 0 Å². The summed E-state index contributed by atoms with van der Waals surface area (Å²) in [6.07, 6.45) is 5.01. The molecule has 1 aliphatic heterocycles. The summed E-state index contributed by atoms with van der Waals surface area (Å²) in [4.78, 5) is 2.28. The molecule has 5 nitrogen and oxygen atoms in total. The Morgan fingerprint density at radius 1 is 1.43 bits per heavy atom. The maximum absolute atomic E-state index is 9.99. The summed E-state index contributed by atoms with van der Waals surface area (Å²) < 4.78 is 11.5. The van der Waals surface area contributed by atoms with Gasteiger partial charge >= 0.3 is 0 Å². The van der Waals surface area contributed by atoms with Gasteiger partial charge in [0.15, 0.2) is 0 Å². The molecule has 124 valence electrons. The third-order valence-electron chi connectivity index (χ3n) is 4.51. The maximum Gasteiger partial charge on any atom is 0.0897 e. The van der Waals surface area contributed by atoms with Gasteiger partial charge < -0.3 is 24.8 Å². The Morgan fingerprint density at radius 3 is 3.05 bits per heavy atom. The van der Waals surface area contributed by atoms with E-state index in [1.165, 1.54) is 12.8 Å². The van der Waals surface area contributed by atoms with Crippen LogP contribution < -0.4 is 5.32 Å².